The van der Waals surface area contributed by atoms with Gasteiger partial charge in [-0.15, -0.1) is 0 Å². The Kier molecular flexibility index (Phi) is 5.68. The maximum Gasteiger partial charge on any atom is 0.257 e. The summed E-state index contributed by atoms with van der Waals surface area (Å²) in [7, 11) is 0. The van der Waals surface area contributed by atoms with Gasteiger partial charge in [0, 0.05) is 33.1 Å². The van der Waals surface area contributed by atoms with Crippen LogP contribution in [0.15, 0.2) is 71.5 Å². The molecule has 0 unspecified atom stereocenters. The first-order chi connectivity index (χ1) is 12.1. The third kappa shape index (κ3) is 4.81. The number of anilines is 1. The van der Waals surface area contributed by atoms with E-state index in [4.69, 9.17) is 16.3 Å². The second-order valence-electron chi connectivity index (χ2n) is 5.25. The monoisotopic (exact) mass is 416 g/mol. The van der Waals surface area contributed by atoms with Crippen LogP contribution in [0.5, 0.6) is 5.75 Å². The van der Waals surface area contributed by atoms with Crippen LogP contribution < -0.4 is 10.1 Å². The number of hydrogen-bond donors (Lipinski definition) is 1. The molecule has 0 aliphatic heterocycles. The van der Waals surface area contributed by atoms with Crippen molar-refractivity contribution in [3.05, 3.63) is 87.6 Å². The Bertz CT molecular complexity index is 885. The number of rotatable bonds is 5. The topological polar surface area (TPSA) is 51.2 Å². The van der Waals surface area contributed by atoms with Gasteiger partial charge in [0.1, 0.15) is 12.4 Å². The van der Waals surface area contributed by atoms with E-state index in [1.807, 2.05) is 24.3 Å². The standard InChI is InChI=1S/C19H14BrClN2O2/c20-15-9-14(10-22-11-15)19(24)23-16-5-7-17(8-6-16)25-12-13-3-1-2-4-18(13)21/h1-11H,12H2,(H,23,24). The van der Waals surface area contributed by atoms with Crippen molar-refractivity contribution in [2.45, 2.75) is 6.61 Å². The molecule has 3 aromatic rings. The molecule has 4 nitrogen and oxygen atoms in total. The Labute approximate surface area is 158 Å². The highest BCUT2D eigenvalue weighted by atomic mass is 79.9. The van der Waals surface area contributed by atoms with E-state index in [1.54, 1.807) is 36.5 Å². The summed E-state index contributed by atoms with van der Waals surface area (Å²) in [4.78, 5) is 16.2. The van der Waals surface area contributed by atoms with Crippen molar-refractivity contribution >= 4 is 39.1 Å². The molecule has 0 spiro atoms. The number of ether oxygens (including phenoxy) is 1. The molecule has 0 aliphatic rings. The molecule has 6 heteroatoms. The van der Waals surface area contributed by atoms with E-state index in [1.165, 1.54) is 6.20 Å². The number of halogens is 2. The number of nitrogens with one attached hydrogen (secondary N) is 1. The van der Waals surface area contributed by atoms with Crippen molar-refractivity contribution in [3.63, 3.8) is 0 Å². The fourth-order valence-electron chi connectivity index (χ4n) is 2.15. The van der Waals surface area contributed by atoms with Gasteiger partial charge in [-0.05, 0) is 52.3 Å². The van der Waals surface area contributed by atoms with Gasteiger partial charge in [-0.3, -0.25) is 9.78 Å². The zero-order valence-corrected chi connectivity index (χ0v) is 15.4. The largest absolute Gasteiger partial charge is 0.489 e. The van der Waals surface area contributed by atoms with Crippen LogP contribution in [0.25, 0.3) is 0 Å². The lowest BCUT2D eigenvalue weighted by Crippen LogP contribution is -2.12. The first-order valence-corrected chi connectivity index (χ1v) is 8.67. The smallest absolute Gasteiger partial charge is 0.257 e. The Balaban J connectivity index is 1.60. The highest BCUT2D eigenvalue weighted by Crippen LogP contribution is 2.20. The van der Waals surface area contributed by atoms with Gasteiger partial charge in [0.15, 0.2) is 0 Å². The van der Waals surface area contributed by atoms with Gasteiger partial charge in [0.25, 0.3) is 5.91 Å². The van der Waals surface area contributed by atoms with Crippen molar-refractivity contribution < 1.29 is 9.53 Å². The minimum absolute atomic E-state index is 0.224. The Morgan fingerprint density at radius 2 is 1.88 bits per heavy atom. The van der Waals surface area contributed by atoms with Crippen molar-refractivity contribution in [2.24, 2.45) is 0 Å². The van der Waals surface area contributed by atoms with Gasteiger partial charge in [-0.25, -0.2) is 0 Å². The number of pyridine rings is 1. The summed E-state index contributed by atoms with van der Waals surface area (Å²) >= 11 is 9.40. The van der Waals surface area contributed by atoms with Crippen molar-refractivity contribution in [2.75, 3.05) is 5.32 Å². The normalized spacial score (nSPS) is 10.3. The zero-order valence-electron chi connectivity index (χ0n) is 13.1. The molecular formula is C19H14BrClN2O2. The molecule has 0 aliphatic carbocycles. The summed E-state index contributed by atoms with van der Waals surface area (Å²) in [5, 5.41) is 3.49. The summed E-state index contributed by atoms with van der Waals surface area (Å²) < 4.78 is 6.47. The molecule has 0 radical (unpaired) electrons. The predicted octanol–water partition coefficient (Wildman–Crippen LogP) is 5.33. The van der Waals surface area contributed by atoms with Crippen molar-refractivity contribution in [3.8, 4) is 5.75 Å². The Morgan fingerprint density at radius 1 is 1.12 bits per heavy atom. The molecule has 0 saturated heterocycles. The van der Waals surface area contributed by atoms with Gasteiger partial charge >= 0.3 is 0 Å². The lowest BCUT2D eigenvalue weighted by molar-refractivity contribution is 0.102. The first kappa shape index (κ1) is 17.5. The van der Waals surface area contributed by atoms with Gasteiger partial charge in [0.2, 0.25) is 0 Å². The number of nitrogens with zero attached hydrogens (tertiary/aromatic N) is 1. The third-order valence-corrected chi connectivity index (χ3v) is 4.23. The number of benzene rings is 2. The number of aromatic nitrogens is 1. The van der Waals surface area contributed by atoms with Crippen LogP contribution in [0.3, 0.4) is 0 Å². The van der Waals surface area contributed by atoms with Crippen LogP contribution in [0.1, 0.15) is 15.9 Å². The lowest BCUT2D eigenvalue weighted by Gasteiger charge is -2.09. The van der Waals surface area contributed by atoms with Crippen LogP contribution in [-0.4, -0.2) is 10.9 Å². The lowest BCUT2D eigenvalue weighted by atomic mass is 10.2. The summed E-state index contributed by atoms with van der Waals surface area (Å²) in [5.41, 5.74) is 2.08. The van der Waals surface area contributed by atoms with Gasteiger partial charge in [0.05, 0.1) is 5.56 Å². The molecule has 25 heavy (non-hydrogen) atoms. The quantitative estimate of drug-likeness (QED) is 0.610. The molecule has 3 rings (SSSR count). The number of carbonyl (C=O) groups is 1. The van der Waals surface area contributed by atoms with E-state index in [0.29, 0.717) is 28.6 Å². The van der Waals surface area contributed by atoms with Crippen LogP contribution in [0, 0.1) is 0 Å². The van der Waals surface area contributed by atoms with Crippen molar-refractivity contribution in [1.29, 1.82) is 0 Å². The molecule has 126 valence electrons. The van der Waals surface area contributed by atoms with Gasteiger partial charge < -0.3 is 10.1 Å². The summed E-state index contributed by atoms with van der Waals surface area (Å²) in [5.74, 6) is 0.473. The van der Waals surface area contributed by atoms with Gasteiger partial charge in [-0.2, -0.15) is 0 Å². The van der Waals surface area contributed by atoms with Crippen molar-refractivity contribution in [1.82, 2.24) is 4.98 Å². The summed E-state index contributed by atoms with van der Waals surface area (Å²) in [6.07, 6.45) is 3.14. The van der Waals surface area contributed by atoms with Crippen LogP contribution in [0.4, 0.5) is 5.69 Å². The van der Waals surface area contributed by atoms with Crippen LogP contribution in [-0.2, 0) is 6.61 Å². The van der Waals surface area contributed by atoms with E-state index in [-0.39, 0.29) is 5.91 Å². The molecule has 0 bridgehead atoms. The van der Waals surface area contributed by atoms with E-state index < -0.39 is 0 Å². The molecular weight excluding hydrogens is 404 g/mol. The fourth-order valence-corrected chi connectivity index (χ4v) is 2.71. The van der Waals surface area contributed by atoms with E-state index in [9.17, 15) is 4.79 Å². The molecule has 0 saturated carbocycles. The zero-order chi connectivity index (χ0) is 17.6. The molecule has 1 N–H and O–H groups in total. The SMILES string of the molecule is O=C(Nc1ccc(OCc2ccccc2Cl)cc1)c1cncc(Br)c1. The number of carbonyl (C=O) groups excluding carboxylic acids is 1. The van der Waals surface area contributed by atoms with Gasteiger partial charge in [-0.1, -0.05) is 29.8 Å². The molecule has 0 atom stereocenters. The van der Waals surface area contributed by atoms with E-state index >= 15 is 0 Å². The molecule has 2 aromatic carbocycles. The van der Waals surface area contributed by atoms with Crippen LogP contribution in [0.2, 0.25) is 5.02 Å². The minimum atomic E-state index is -0.224. The summed E-state index contributed by atoms with van der Waals surface area (Å²) in [6.45, 7) is 0.384. The number of hydrogen-bond acceptors (Lipinski definition) is 3. The predicted molar refractivity (Wildman–Crippen MR) is 102 cm³/mol. The summed E-state index contributed by atoms with van der Waals surface area (Å²) in [6, 6.07) is 16.4. The Morgan fingerprint density at radius 3 is 2.60 bits per heavy atom. The number of amides is 1. The highest BCUT2D eigenvalue weighted by Gasteiger charge is 2.07. The second-order valence-corrected chi connectivity index (χ2v) is 6.57. The average Bonchev–Trinajstić information content (AvgIpc) is 2.62. The fraction of sp³-hybridized carbons (Fsp3) is 0.0526. The maximum absolute atomic E-state index is 12.2. The molecule has 1 heterocycles. The molecule has 0 fully saturated rings. The minimum Gasteiger partial charge on any atom is -0.489 e. The average molecular weight is 418 g/mol. The third-order valence-electron chi connectivity index (χ3n) is 3.43. The van der Waals surface area contributed by atoms with E-state index in [0.717, 1.165) is 10.0 Å². The molecule has 1 aromatic heterocycles. The second kappa shape index (κ2) is 8.14. The maximum atomic E-state index is 12.2. The van der Waals surface area contributed by atoms with E-state index in [2.05, 4.69) is 26.2 Å². The van der Waals surface area contributed by atoms with Crippen LogP contribution >= 0.6 is 27.5 Å². The Hall–Kier alpha value is -2.37. The molecule has 1 amide bonds. The highest BCUT2D eigenvalue weighted by molar-refractivity contribution is 9.10. The first-order valence-electron chi connectivity index (χ1n) is 7.50.